The number of aromatic nitrogens is 5. The molecule has 12 heteroatoms. The summed E-state index contributed by atoms with van der Waals surface area (Å²) in [5.74, 6) is -0.510. The van der Waals surface area contributed by atoms with Crippen molar-refractivity contribution in [2.45, 2.75) is 6.18 Å². The van der Waals surface area contributed by atoms with E-state index in [4.69, 9.17) is 4.74 Å². The van der Waals surface area contributed by atoms with E-state index in [0.717, 1.165) is 16.6 Å². The molecule has 8 nitrogen and oxygen atoms in total. The number of benzene rings is 2. The average molecular weight is 493 g/mol. The molecule has 0 saturated carbocycles. The summed E-state index contributed by atoms with van der Waals surface area (Å²) < 4.78 is 46.9. The molecule has 2 aromatic heterocycles. The first-order valence-corrected chi connectivity index (χ1v) is 9.50. The summed E-state index contributed by atoms with van der Waals surface area (Å²) in [6.45, 7) is -0.480. The Bertz CT molecular complexity index is 1250. The SMILES string of the molecule is O=C(COc1ncnc2ccc(Br)cc12)Nc1cc(C(F)(F)F)ccc1-n1cncn1. The molecule has 0 aliphatic carbocycles. The van der Waals surface area contributed by atoms with Crippen LogP contribution in [0.5, 0.6) is 5.88 Å². The maximum Gasteiger partial charge on any atom is 0.416 e. The Kier molecular flexibility index (Phi) is 5.55. The Labute approximate surface area is 181 Å². The van der Waals surface area contributed by atoms with Crippen LogP contribution in [0.2, 0.25) is 0 Å². The Hall–Kier alpha value is -3.54. The molecule has 1 amide bonds. The first-order chi connectivity index (χ1) is 14.8. The van der Waals surface area contributed by atoms with Gasteiger partial charge in [0.15, 0.2) is 6.61 Å². The highest BCUT2D eigenvalue weighted by atomic mass is 79.9. The van der Waals surface area contributed by atoms with Gasteiger partial charge in [0.2, 0.25) is 5.88 Å². The van der Waals surface area contributed by atoms with Gasteiger partial charge >= 0.3 is 6.18 Å². The summed E-state index contributed by atoms with van der Waals surface area (Å²) in [4.78, 5) is 24.4. The van der Waals surface area contributed by atoms with Crippen LogP contribution in [0, 0.1) is 0 Å². The highest BCUT2D eigenvalue weighted by Crippen LogP contribution is 2.33. The molecule has 1 N–H and O–H groups in total. The van der Waals surface area contributed by atoms with Gasteiger partial charge in [-0.3, -0.25) is 4.79 Å². The monoisotopic (exact) mass is 492 g/mol. The zero-order valence-corrected chi connectivity index (χ0v) is 17.1. The van der Waals surface area contributed by atoms with Gasteiger partial charge in [-0.2, -0.15) is 18.3 Å². The molecule has 0 unspecified atom stereocenters. The normalized spacial score (nSPS) is 11.5. The third-order valence-electron chi connectivity index (χ3n) is 4.16. The first-order valence-electron chi connectivity index (χ1n) is 8.70. The molecule has 0 radical (unpaired) electrons. The van der Waals surface area contributed by atoms with E-state index in [0.29, 0.717) is 10.9 Å². The fourth-order valence-corrected chi connectivity index (χ4v) is 3.15. The van der Waals surface area contributed by atoms with Gasteiger partial charge in [-0.05, 0) is 36.4 Å². The van der Waals surface area contributed by atoms with Crippen LogP contribution in [0.25, 0.3) is 16.6 Å². The molecular formula is C19H12BrF3N6O2. The maximum absolute atomic E-state index is 13.1. The van der Waals surface area contributed by atoms with E-state index in [1.54, 1.807) is 18.2 Å². The number of nitrogens with one attached hydrogen (secondary N) is 1. The average Bonchev–Trinajstić information content (AvgIpc) is 3.26. The molecule has 2 heterocycles. The van der Waals surface area contributed by atoms with E-state index >= 15 is 0 Å². The Balaban J connectivity index is 1.57. The standard InChI is InChI=1S/C19H12BrF3N6O2/c20-12-2-3-14-13(6-12)18(26-9-25-14)31-7-17(30)28-15-5-11(19(21,22)23)1-4-16(15)29-10-24-8-27-29/h1-6,8-10H,7H2,(H,28,30). The van der Waals surface area contributed by atoms with E-state index in [1.165, 1.54) is 29.7 Å². The van der Waals surface area contributed by atoms with Crippen molar-refractivity contribution >= 4 is 38.4 Å². The number of rotatable bonds is 5. The molecule has 31 heavy (non-hydrogen) atoms. The van der Waals surface area contributed by atoms with E-state index in [2.05, 4.69) is 41.3 Å². The third kappa shape index (κ3) is 4.63. The lowest BCUT2D eigenvalue weighted by molar-refractivity contribution is -0.137. The predicted molar refractivity (Wildman–Crippen MR) is 108 cm³/mol. The van der Waals surface area contributed by atoms with Gasteiger partial charge in [-0.25, -0.2) is 19.6 Å². The van der Waals surface area contributed by atoms with Crippen molar-refractivity contribution in [2.24, 2.45) is 0 Å². The number of anilines is 1. The van der Waals surface area contributed by atoms with Crippen molar-refractivity contribution in [2.75, 3.05) is 11.9 Å². The van der Waals surface area contributed by atoms with Crippen LogP contribution in [-0.4, -0.2) is 37.2 Å². The fourth-order valence-electron chi connectivity index (χ4n) is 2.79. The zero-order chi connectivity index (χ0) is 22.0. The first kappa shape index (κ1) is 20.7. The van der Waals surface area contributed by atoms with Crippen LogP contribution >= 0.6 is 15.9 Å². The van der Waals surface area contributed by atoms with Gasteiger partial charge < -0.3 is 10.1 Å². The lowest BCUT2D eigenvalue weighted by Crippen LogP contribution is -2.22. The molecule has 0 fully saturated rings. The quantitative estimate of drug-likeness (QED) is 0.452. The number of nitrogens with zero attached hydrogens (tertiary/aromatic N) is 5. The predicted octanol–water partition coefficient (Wildman–Crippen LogP) is 4.01. The van der Waals surface area contributed by atoms with E-state index in [9.17, 15) is 18.0 Å². The molecule has 0 atom stereocenters. The second-order valence-electron chi connectivity index (χ2n) is 6.25. The van der Waals surface area contributed by atoms with Gasteiger partial charge in [0.25, 0.3) is 5.91 Å². The van der Waals surface area contributed by atoms with Crippen molar-refractivity contribution in [1.29, 1.82) is 0 Å². The maximum atomic E-state index is 13.1. The van der Waals surface area contributed by atoms with Crippen LogP contribution in [0.15, 0.2) is 59.9 Å². The van der Waals surface area contributed by atoms with E-state index < -0.39 is 24.3 Å². The molecular weight excluding hydrogens is 481 g/mol. The number of hydrogen-bond acceptors (Lipinski definition) is 6. The van der Waals surface area contributed by atoms with Crippen molar-refractivity contribution in [3.63, 3.8) is 0 Å². The minimum Gasteiger partial charge on any atom is -0.467 e. The van der Waals surface area contributed by atoms with Gasteiger partial charge in [-0.1, -0.05) is 15.9 Å². The zero-order valence-electron chi connectivity index (χ0n) is 15.5. The van der Waals surface area contributed by atoms with Crippen LogP contribution in [0.1, 0.15) is 5.56 Å². The number of carbonyl (C=O) groups excluding carboxylic acids is 1. The lowest BCUT2D eigenvalue weighted by Gasteiger charge is -2.14. The Morgan fingerprint density at radius 3 is 2.71 bits per heavy atom. The van der Waals surface area contributed by atoms with Crippen molar-refractivity contribution in [3.05, 3.63) is 65.4 Å². The van der Waals surface area contributed by atoms with Crippen molar-refractivity contribution in [1.82, 2.24) is 24.7 Å². The van der Waals surface area contributed by atoms with Crippen molar-refractivity contribution < 1.29 is 22.7 Å². The molecule has 0 aliphatic rings. The largest absolute Gasteiger partial charge is 0.467 e. The lowest BCUT2D eigenvalue weighted by atomic mass is 10.1. The van der Waals surface area contributed by atoms with Crippen LogP contribution < -0.4 is 10.1 Å². The summed E-state index contributed by atoms with van der Waals surface area (Å²) in [6.07, 6.45) is -0.756. The number of hydrogen-bond donors (Lipinski definition) is 1. The van der Waals surface area contributed by atoms with Gasteiger partial charge in [0.1, 0.15) is 19.0 Å². The van der Waals surface area contributed by atoms with Crippen LogP contribution in [-0.2, 0) is 11.0 Å². The third-order valence-corrected chi connectivity index (χ3v) is 4.66. The number of ether oxygens (including phenoxy) is 1. The fraction of sp³-hybridized carbons (Fsp3) is 0.105. The molecule has 0 bridgehead atoms. The molecule has 0 saturated heterocycles. The molecule has 158 valence electrons. The Morgan fingerprint density at radius 2 is 1.97 bits per heavy atom. The number of alkyl halides is 3. The summed E-state index contributed by atoms with van der Waals surface area (Å²) in [7, 11) is 0. The smallest absolute Gasteiger partial charge is 0.416 e. The summed E-state index contributed by atoms with van der Waals surface area (Å²) in [5.41, 5.74) is -0.182. The highest BCUT2D eigenvalue weighted by Gasteiger charge is 2.31. The summed E-state index contributed by atoms with van der Waals surface area (Å²) in [5, 5.41) is 6.91. The van der Waals surface area contributed by atoms with Crippen LogP contribution in [0.3, 0.4) is 0 Å². The molecule has 2 aromatic carbocycles. The highest BCUT2D eigenvalue weighted by molar-refractivity contribution is 9.10. The second-order valence-corrected chi connectivity index (χ2v) is 7.16. The van der Waals surface area contributed by atoms with Crippen molar-refractivity contribution in [3.8, 4) is 11.6 Å². The number of fused-ring (bicyclic) bond motifs is 1. The topological polar surface area (TPSA) is 94.8 Å². The number of halogens is 4. The molecule has 0 aliphatic heterocycles. The van der Waals surface area contributed by atoms with Crippen LogP contribution in [0.4, 0.5) is 18.9 Å². The number of carbonyl (C=O) groups is 1. The minimum atomic E-state index is -4.58. The van der Waals surface area contributed by atoms with Gasteiger partial charge in [0.05, 0.1) is 27.8 Å². The second kappa shape index (κ2) is 8.30. The molecule has 4 aromatic rings. The van der Waals surface area contributed by atoms with E-state index in [-0.39, 0.29) is 17.3 Å². The van der Waals surface area contributed by atoms with E-state index in [1.807, 2.05) is 0 Å². The van der Waals surface area contributed by atoms with Gasteiger partial charge in [0, 0.05) is 4.47 Å². The molecule has 0 spiro atoms. The molecule has 4 rings (SSSR count). The van der Waals surface area contributed by atoms with Gasteiger partial charge in [-0.15, -0.1) is 0 Å². The summed E-state index contributed by atoms with van der Waals surface area (Å²) >= 11 is 3.34. The summed E-state index contributed by atoms with van der Waals surface area (Å²) in [6, 6.07) is 8.20. The Morgan fingerprint density at radius 1 is 1.13 bits per heavy atom. The minimum absolute atomic E-state index is 0.0933. The number of amides is 1.